The molecule has 2 heteroatoms. The average Bonchev–Trinajstić information content (AvgIpc) is 2.28. The molecule has 0 bridgehead atoms. The molecular weight excluding hydrogens is 238 g/mol. The first-order valence-corrected chi connectivity index (χ1v) is 5.65. The number of rotatable bonds is 0. The number of hydrogen-bond acceptors (Lipinski definition) is 1. The monoisotopic (exact) mass is 253 g/mol. The lowest BCUT2D eigenvalue weighted by atomic mass is 9.91. The van der Waals surface area contributed by atoms with Crippen LogP contribution in [0.4, 0.5) is 0 Å². The third-order valence-electron chi connectivity index (χ3n) is 3.23. The van der Waals surface area contributed by atoms with Crippen molar-refractivity contribution in [3.8, 4) is 0 Å². The first-order chi connectivity index (χ1) is 6.38. The summed E-state index contributed by atoms with van der Waals surface area (Å²) in [4.78, 5) is 0. The van der Waals surface area contributed by atoms with Crippen LogP contribution in [0, 0.1) is 0 Å². The molecule has 0 atom stereocenters. The van der Waals surface area contributed by atoms with Crippen LogP contribution >= 0.6 is 16.1 Å². The predicted molar refractivity (Wildman–Crippen MR) is 63.3 cm³/mol. The summed E-state index contributed by atoms with van der Waals surface area (Å²) in [5.41, 5.74) is 2.98. The molecule has 0 unspecified atom stereocenters. The maximum absolute atomic E-state index is 3.70. The largest absolute Gasteiger partial charge is 0.222 e. The molecule has 0 saturated heterocycles. The Morgan fingerprint density at radius 2 is 1.29 bits per heavy atom. The third-order valence-corrected chi connectivity index (χ3v) is 5.00. The van der Waals surface area contributed by atoms with Crippen LogP contribution in [0.1, 0.15) is 38.8 Å². The van der Waals surface area contributed by atoms with Gasteiger partial charge in [-0.2, -0.15) is 0 Å². The predicted octanol–water partition coefficient (Wildman–Crippen LogP) is 3.78. The van der Waals surface area contributed by atoms with Gasteiger partial charge in [0.25, 0.3) is 0 Å². The zero-order chi connectivity index (χ0) is 10.6. The first kappa shape index (κ1) is 10.2. The van der Waals surface area contributed by atoms with Gasteiger partial charge in [-0.05, 0) is 38.8 Å². The number of benzene rings is 1. The summed E-state index contributed by atoms with van der Waals surface area (Å²) in [6, 6.07) is 8.67. The molecule has 1 heterocycles. The molecule has 0 N–H and O–H groups in total. The highest BCUT2D eigenvalue weighted by molar-refractivity contribution is 9.07. The summed E-state index contributed by atoms with van der Waals surface area (Å²) >= 11 is 3.70. The van der Waals surface area contributed by atoms with E-state index in [-0.39, 0.29) is 11.1 Å². The van der Waals surface area contributed by atoms with Crippen LogP contribution in [0.15, 0.2) is 24.3 Å². The van der Waals surface area contributed by atoms with Crippen molar-refractivity contribution in [2.24, 2.45) is 0 Å². The lowest BCUT2D eigenvalue weighted by Gasteiger charge is -2.35. The van der Waals surface area contributed by atoms with Crippen molar-refractivity contribution in [1.82, 2.24) is 3.93 Å². The Labute approximate surface area is 94.5 Å². The summed E-state index contributed by atoms with van der Waals surface area (Å²) in [5, 5.41) is 0. The topological polar surface area (TPSA) is 3.24 Å². The van der Waals surface area contributed by atoms with Gasteiger partial charge >= 0.3 is 0 Å². The van der Waals surface area contributed by atoms with Crippen molar-refractivity contribution in [3.63, 3.8) is 0 Å². The van der Waals surface area contributed by atoms with Crippen LogP contribution in [0.25, 0.3) is 0 Å². The molecule has 1 nitrogen and oxygen atoms in total. The molecule has 76 valence electrons. The van der Waals surface area contributed by atoms with Gasteiger partial charge in [-0.25, -0.2) is 3.93 Å². The molecule has 14 heavy (non-hydrogen) atoms. The highest BCUT2D eigenvalue weighted by Crippen LogP contribution is 2.50. The maximum Gasteiger partial charge on any atom is 0.0521 e. The number of halogens is 1. The van der Waals surface area contributed by atoms with E-state index in [1.165, 1.54) is 11.1 Å². The molecule has 1 aliphatic heterocycles. The van der Waals surface area contributed by atoms with E-state index >= 15 is 0 Å². The maximum atomic E-state index is 3.70. The summed E-state index contributed by atoms with van der Waals surface area (Å²) in [6.45, 7) is 8.98. The summed E-state index contributed by atoms with van der Waals surface area (Å²) in [6.07, 6.45) is 0. The van der Waals surface area contributed by atoms with E-state index in [1.54, 1.807) is 0 Å². The SMILES string of the molecule is CC1(C)c2ccccc2C(C)(C)N1Br. The van der Waals surface area contributed by atoms with Gasteiger partial charge in [0, 0.05) is 16.1 Å². The Morgan fingerprint density at radius 1 is 0.929 bits per heavy atom. The standard InChI is InChI=1S/C12H16BrN/c1-11(2)9-7-5-6-8-10(9)12(3,4)14(11)13/h5-8H,1-4H3. The fourth-order valence-corrected chi connectivity index (χ4v) is 2.84. The average molecular weight is 254 g/mol. The summed E-state index contributed by atoms with van der Waals surface area (Å²) < 4.78 is 2.26. The van der Waals surface area contributed by atoms with Crippen LogP contribution in [-0.2, 0) is 11.1 Å². The lowest BCUT2D eigenvalue weighted by molar-refractivity contribution is 0.175. The van der Waals surface area contributed by atoms with Crippen molar-refractivity contribution in [2.45, 2.75) is 38.8 Å². The molecule has 0 saturated carbocycles. The van der Waals surface area contributed by atoms with Crippen molar-refractivity contribution >= 4 is 16.1 Å². The molecule has 0 radical (unpaired) electrons. The van der Waals surface area contributed by atoms with Crippen molar-refractivity contribution in [3.05, 3.63) is 35.4 Å². The van der Waals surface area contributed by atoms with Crippen LogP contribution in [0.3, 0.4) is 0 Å². The summed E-state index contributed by atoms with van der Waals surface area (Å²) in [5.74, 6) is 0. The quantitative estimate of drug-likeness (QED) is 0.637. The molecule has 0 fully saturated rings. The zero-order valence-electron chi connectivity index (χ0n) is 9.13. The molecular formula is C12H16BrN. The van der Waals surface area contributed by atoms with E-state index in [4.69, 9.17) is 0 Å². The van der Waals surface area contributed by atoms with Crippen LogP contribution in [0.5, 0.6) is 0 Å². The van der Waals surface area contributed by atoms with Gasteiger partial charge in [0.2, 0.25) is 0 Å². The van der Waals surface area contributed by atoms with Gasteiger partial charge in [-0.15, -0.1) is 0 Å². The fraction of sp³-hybridized carbons (Fsp3) is 0.500. The van der Waals surface area contributed by atoms with Crippen LogP contribution < -0.4 is 0 Å². The van der Waals surface area contributed by atoms with Crippen LogP contribution in [0.2, 0.25) is 0 Å². The minimum atomic E-state index is 0.0695. The normalized spacial score (nSPS) is 23.5. The Kier molecular flexibility index (Phi) is 2.06. The highest BCUT2D eigenvalue weighted by atomic mass is 79.9. The Bertz CT molecular complexity index is 333. The fourth-order valence-electron chi connectivity index (χ4n) is 2.46. The van der Waals surface area contributed by atoms with Gasteiger partial charge in [0.15, 0.2) is 0 Å². The Hall–Kier alpha value is -0.340. The van der Waals surface area contributed by atoms with E-state index < -0.39 is 0 Å². The number of fused-ring (bicyclic) bond motifs is 1. The molecule has 0 aliphatic carbocycles. The molecule has 1 aliphatic rings. The third kappa shape index (κ3) is 1.10. The van der Waals surface area contributed by atoms with E-state index in [0.29, 0.717) is 0 Å². The van der Waals surface area contributed by atoms with Gasteiger partial charge in [0.05, 0.1) is 11.1 Å². The Balaban J connectivity index is 2.70. The van der Waals surface area contributed by atoms with Gasteiger partial charge in [0.1, 0.15) is 0 Å². The minimum Gasteiger partial charge on any atom is -0.222 e. The number of hydrogen-bond donors (Lipinski definition) is 0. The van der Waals surface area contributed by atoms with E-state index in [9.17, 15) is 0 Å². The summed E-state index contributed by atoms with van der Waals surface area (Å²) in [7, 11) is 0. The lowest BCUT2D eigenvalue weighted by Crippen LogP contribution is -2.37. The molecule has 1 aromatic carbocycles. The second-order valence-corrected chi connectivity index (χ2v) is 5.65. The molecule has 2 rings (SSSR count). The Morgan fingerprint density at radius 3 is 1.64 bits per heavy atom. The van der Waals surface area contributed by atoms with Crippen LogP contribution in [-0.4, -0.2) is 3.93 Å². The van der Waals surface area contributed by atoms with Crippen molar-refractivity contribution < 1.29 is 0 Å². The second kappa shape index (κ2) is 2.83. The van der Waals surface area contributed by atoms with Gasteiger partial charge in [-0.1, -0.05) is 24.3 Å². The minimum absolute atomic E-state index is 0.0695. The second-order valence-electron chi connectivity index (χ2n) is 4.94. The van der Waals surface area contributed by atoms with Gasteiger partial charge < -0.3 is 0 Å². The zero-order valence-corrected chi connectivity index (χ0v) is 10.7. The first-order valence-electron chi connectivity index (χ1n) is 4.94. The van der Waals surface area contributed by atoms with Gasteiger partial charge in [-0.3, -0.25) is 0 Å². The van der Waals surface area contributed by atoms with Crippen molar-refractivity contribution in [2.75, 3.05) is 0 Å². The molecule has 0 aromatic heterocycles. The van der Waals surface area contributed by atoms with E-state index in [0.717, 1.165) is 0 Å². The smallest absolute Gasteiger partial charge is 0.0521 e. The van der Waals surface area contributed by atoms with E-state index in [1.807, 2.05) is 0 Å². The molecule has 1 aromatic rings. The molecule has 0 spiro atoms. The number of nitrogens with zero attached hydrogens (tertiary/aromatic N) is 1. The van der Waals surface area contributed by atoms with E-state index in [2.05, 4.69) is 72.0 Å². The van der Waals surface area contributed by atoms with Crippen molar-refractivity contribution in [1.29, 1.82) is 0 Å². The molecule has 0 amide bonds. The highest BCUT2D eigenvalue weighted by Gasteiger charge is 2.47.